The minimum absolute atomic E-state index is 0. The van der Waals surface area contributed by atoms with Crippen LogP contribution in [0.4, 0.5) is 26.3 Å². The van der Waals surface area contributed by atoms with Crippen LogP contribution >= 0.6 is 0 Å². The third-order valence-corrected chi connectivity index (χ3v) is 9.03. The van der Waals surface area contributed by atoms with Gasteiger partial charge in [0.15, 0.2) is 0 Å². The second kappa shape index (κ2) is 34.4. The zero-order valence-corrected chi connectivity index (χ0v) is 34.3. The van der Waals surface area contributed by atoms with Crippen molar-refractivity contribution in [3.8, 4) is 0 Å². The minimum Gasteiger partial charge on any atom is -0.207 e. The number of hydrogen-bond donors (Lipinski definition) is 0. The van der Waals surface area contributed by atoms with Crippen LogP contribution in [-0.2, 0) is 0 Å². The van der Waals surface area contributed by atoms with Gasteiger partial charge in [0.25, 0.3) is 0 Å². The molecule has 344 valence electrons. The van der Waals surface area contributed by atoms with Crippen molar-refractivity contribution in [2.24, 2.45) is 11.8 Å². The van der Waals surface area contributed by atoms with E-state index in [-0.39, 0.29) is 68.7 Å². The Hall–Kier alpha value is -4.32. The summed E-state index contributed by atoms with van der Waals surface area (Å²) in [6.07, 6.45) is 5.89. The van der Waals surface area contributed by atoms with Gasteiger partial charge in [0.2, 0.25) is 0 Å². The van der Waals surface area contributed by atoms with Gasteiger partial charge in [0.05, 0.1) is 0 Å². The van der Waals surface area contributed by atoms with Gasteiger partial charge < -0.3 is 0 Å². The molecule has 0 heterocycles. The van der Waals surface area contributed by atoms with Gasteiger partial charge in [-0.25, -0.2) is 26.3 Å². The molecule has 0 radical (unpaired) electrons. The zero-order valence-electron chi connectivity index (χ0n) is 34.3. The van der Waals surface area contributed by atoms with Crippen LogP contribution in [0.15, 0.2) is 84.9 Å². The lowest BCUT2D eigenvalue weighted by molar-refractivity contribution is 0.308. The van der Waals surface area contributed by atoms with Gasteiger partial charge in [-0.15, -0.1) is 0 Å². The molecule has 0 atom stereocenters. The molecule has 0 saturated heterocycles. The number of benzene rings is 5. The Balaban J connectivity index is -0.000000112. The fourth-order valence-electron chi connectivity index (χ4n) is 5.00. The summed E-state index contributed by atoms with van der Waals surface area (Å²) < 4.78 is 75.6. The van der Waals surface area contributed by atoms with Gasteiger partial charge in [-0.05, 0) is 151 Å². The summed E-state index contributed by atoms with van der Waals surface area (Å²) in [5.41, 5.74) is 7.42. The van der Waals surface area contributed by atoms with Gasteiger partial charge in [0, 0.05) is 12.6 Å². The summed E-state index contributed by atoms with van der Waals surface area (Å²) in [6, 6.07) is 24.2. The largest absolute Gasteiger partial charge is 0.207 e. The maximum Gasteiger partial charge on any atom is 0.129 e. The first-order valence-electron chi connectivity index (χ1n) is 18.5. The summed E-state index contributed by atoms with van der Waals surface area (Å²) in [6.45, 7) is 22.4. The lowest BCUT2D eigenvalue weighted by Crippen LogP contribution is -2.08. The minimum atomic E-state index is -0.475. The molecule has 0 spiro atoms. The van der Waals surface area contributed by atoms with E-state index in [1.54, 1.807) is 39.8 Å². The Kier molecular flexibility index (Phi) is 38.7. The lowest BCUT2D eigenvalue weighted by Gasteiger charge is -2.22. The molecule has 0 unspecified atom stereocenters. The average Bonchev–Trinajstić information content (AvgIpc) is 3.10. The van der Waals surface area contributed by atoms with Gasteiger partial charge in [-0.2, -0.15) is 0 Å². The highest BCUT2D eigenvalue weighted by Crippen LogP contribution is 2.27. The highest BCUT2D eigenvalue weighted by atomic mass is 19.2. The summed E-state index contributed by atoms with van der Waals surface area (Å²) in [4.78, 5) is 0. The van der Waals surface area contributed by atoms with Gasteiger partial charge >= 0.3 is 0 Å². The Morgan fingerprint density at radius 2 is 0.517 bits per heavy atom. The molecule has 0 amide bonds. The Morgan fingerprint density at radius 1 is 0.317 bits per heavy atom. The van der Waals surface area contributed by atoms with E-state index in [9.17, 15) is 26.3 Å². The number of hydrogen-bond acceptors (Lipinski definition) is 0. The second-order valence-corrected chi connectivity index (χ2v) is 14.7. The first kappa shape index (κ1) is 67.5. The summed E-state index contributed by atoms with van der Waals surface area (Å²) in [7, 11) is 0. The van der Waals surface area contributed by atoms with E-state index in [0.717, 1.165) is 23.0 Å². The monoisotopic (exact) mass is 849 g/mol. The molecule has 6 heteroatoms. The lowest BCUT2D eigenvalue weighted by atomic mass is 9.84. The van der Waals surface area contributed by atoms with E-state index < -0.39 is 23.3 Å². The quantitative estimate of drug-likeness (QED) is 0.136. The van der Waals surface area contributed by atoms with Crippen molar-refractivity contribution in [1.82, 2.24) is 0 Å². The van der Waals surface area contributed by atoms with Crippen molar-refractivity contribution < 1.29 is 27.8 Å². The van der Waals surface area contributed by atoms with Crippen LogP contribution in [0.2, 0.25) is 0 Å². The molecule has 0 aliphatic heterocycles. The normalized spacial score (nSPS) is 12.8. The molecule has 5 aromatic carbocycles. The van der Waals surface area contributed by atoms with E-state index in [4.69, 9.17) is 0 Å². The molecule has 0 aromatic heterocycles. The highest BCUT2D eigenvalue weighted by Gasteiger charge is 2.13. The van der Waals surface area contributed by atoms with Crippen LogP contribution < -0.4 is 0 Å². The van der Waals surface area contributed by atoms with Crippen LogP contribution in [0.1, 0.15) is 141 Å². The summed E-state index contributed by atoms with van der Waals surface area (Å²) in [5.74, 6) is -0.0904. The number of halogens is 6. The molecule has 1 aliphatic rings. The summed E-state index contributed by atoms with van der Waals surface area (Å²) in [5, 5.41) is 0. The van der Waals surface area contributed by atoms with Crippen molar-refractivity contribution in [1.29, 1.82) is 0 Å². The third-order valence-electron chi connectivity index (χ3n) is 9.03. The number of rotatable bonds is 0. The molecule has 60 heavy (non-hydrogen) atoms. The number of aryl methyl sites for hydroxylation is 8. The van der Waals surface area contributed by atoms with E-state index in [2.05, 4.69) is 52.0 Å². The van der Waals surface area contributed by atoms with Crippen LogP contribution in [0.25, 0.3) is 0 Å². The van der Waals surface area contributed by atoms with Crippen molar-refractivity contribution in [3.63, 3.8) is 0 Å². The highest BCUT2D eigenvalue weighted by molar-refractivity contribution is 5.25. The smallest absolute Gasteiger partial charge is 0.129 e. The van der Waals surface area contributed by atoms with Crippen LogP contribution in [0.3, 0.4) is 0 Å². The molecule has 0 N–H and O–H groups in total. The molecule has 1 saturated carbocycles. The predicted octanol–water partition coefficient (Wildman–Crippen LogP) is 19.2. The van der Waals surface area contributed by atoms with Crippen molar-refractivity contribution in [3.05, 3.63) is 175 Å². The SMILES string of the molecule is C.C.C.C.C.C.CC1CCC(C)CC1.Cc1cc(F)c(C)c(F)c1.Cc1cc(F)c(C)c(F)c1.Cc1ccc(C)c(F)c1.Cc1ccc(C)c(F)c1.Cc1ccc(C)cc1.[HH]. The fourth-order valence-corrected chi connectivity index (χ4v) is 5.00. The molecule has 0 bridgehead atoms. The topological polar surface area (TPSA) is 0 Å². The molecule has 6 rings (SSSR count). The average molecular weight is 849 g/mol. The van der Waals surface area contributed by atoms with Gasteiger partial charge in [-0.1, -0.05) is 144 Å². The van der Waals surface area contributed by atoms with Crippen LogP contribution in [-0.4, -0.2) is 0 Å². The van der Waals surface area contributed by atoms with Crippen molar-refractivity contribution in [2.45, 2.75) is 153 Å². The Bertz CT molecular complexity index is 1680. The maximum absolute atomic E-state index is 12.6. The van der Waals surface area contributed by atoms with Crippen molar-refractivity contribution in [2.75, 3.05) is 0 Å². The third kappa shape index (κ3) is 27.4. The first-order chi connectivity index (χ1) is 25.2. The van der Waals surface area contributed by atoms with Crippen LogP contribution in [0, 0.1) is 116 Å². The Morgan fingerprint density at radius 3 is 0.717 bits per heavy atom. The fraction of sp³-hybridized carbons (Fsp3) is 0.444. The van der Waals surface area contributed by atoms with Crippen molar-refractivity contribution >= 4 is 0 Å². The standard InChI is InChI=1S/2C8H8F2.2C8H9F.C8H16.C8H10.6CH4.H2/c2*1-5-3-7(9)6(2)8(10)4-5;2*1-6-3-4-7(2)8(9)5-6;2*1-7-3-5-8(2)6-4-7;;;;;;;/h2*3-4H,1-2H3;2*3-5H,1-2H3;7-8H,3-6H2,1-2H3;3-6H,1-2H3;6*1H4;1H. The zero-order chi connectivity index (χ0) is 41.1. The van der Waals surface area contributed by atoms with Crippen LogP contribution in [0.5, 0.6) is 0 Å². The molecular formula is C54H86F6. The molecular weight excluding hydrogens is 763 g/mol. The second-order valence-electron chi connectivity index (χ2n) is 14.7. The molecule has 5 aromatic rings. The molecule has 1 fully saturated rings. The molecule has 1 aliphatic carbocycles. The van der Waals surface area contributed by atoms with E-state index in [1.165, 1.54) is 87.1 Å². The maximum atomic E-state index is 12.6. The van der Waals surface area contributed by atoms with E-state index in [0.29, 0.717) is 22.3 Å². The Labute approximate surface area is 367 Å². The van der Waals surface area contributed by atoms with E-state index >= 15 is 0 Å². The summed E-state index contributed by atoms with van der Waals surface area (Å²) >= 11 is 0. The van der Waals surface area contributed by atoms with Gasteiger partial charge in [0.1, 0.15) is 34.9 Å². The van der Waals surface area contributed by atoms with Gasteiger partial charge in [-0.3, -0.25) is 0 Å². The molecule has 0 nitrogen and oxygen atoms in total. The predicted molar refractivity (Wildman–Crippen MR) is 259 cm³/mol. The first-order valence-corrected chi connectivity index (χ1v) is 18.5. The van der Waals surface area contributed by atoms with E-state index in [1.807, 2.05) is 26.0 Å².